The van der Waals surface area contributed by atoms with Crippen LogP contribution >= 0.6 is 7.82 Å². The second kappa shape index (κ2) is 111. The average Bonchev–Trinajstić information content (AvgIpc) is 0.722. The molecule has 0 saturated carbocycles. The largest absolute Gasteiger partial charge is 1.00 e. The van der Waals surface area contributed by atoms with Gasteiger partial charge in [-0.25, -0.2) is 0 Å². The van der Waals surface area contributed by atoms with E-state index in [9.17, 15) is 0 Å². The van der Waals surface area contributed by atoms with E-state index in [1.54, 1.807) is 0 Å². The molecule has 16 nitrogen and oxygen atoms in total. The van der Waals surface area contributed by atoms with Gasteiger partial charge in [0.1, 0.15) is 0 Å². The maximum Gasteiger partial charge on any atom is 1.00 e. The van der Waals surface area contributed by atoms with Crippen LogP contribution < -0.4 is 34.5 Å². The molecule has 0 aliphatic heterocycles. The molecule has 0 fully saturated rings. The van der Waals surface area contributed by atoms with Gasteiger partial charge in [0.05, 0.1) is 0 Å². The van der Waals surface area contributed by atoms with Gasteiger partial charge in [-0.2, -0.15) is 0 Å². The molecule has 0 aromatic rings. The SMILES string of the molecule is O.O.O.O.O.O.O.O.O.O.O.O.O=P([O-])(O)O.[Na+]. The zero-order valence-electron chi connectivity index (χ0n) is 9.16. The Morgan fingerprint density at radius 3 is 0.556 bits per heavy atom. The first-order chi connectivity index (χ1) is 2.00. The second-order valence-corrected chi connectivity index (χ2v) is 1.47. The van der Waals surface area contributed by atoms with Crippen molar-refractivity contribution in [1.29, 1.82) is 0 Å². The molecule has 0 unspecified atom stereocenters. The van der Waals surface area contributed by atoms with Crippen molar-refractivity contribution in [3.8, 4) is 0 Å². The molecule has 0 aliphatic carbocycles. The van der Waals surface area contributed by atoms with Crippen molar-refractivity contribution in [1.82, 2.24) is 0 Å². The minimum atomic E-state index is -4.89. The molecule has 0 aromatic carbocycles. The molecule has 0 aromatic heterocycles. The van der Waals surface area contributed by atoms with Crippen molar-refractivity contribution in [3.05, 3.63) is 0 Å². The summed E-state index contributed by atoms with van der Waals surface area (Å²) in [7, 11) is -4.89. The summed E-state index contributed by atoms with van der Waals surface area (Å²) in [5.41, 5.74) is 0. The van der Waals surface area contributed by atoms with E-state index in [0.29, 0.717) is 0 Å². The van der Waals surface area contributed by atoms with Crippen LogP contribution in [0.15, 0.2) is 0 Å². The van der Waals surface area contributed by atoms with Gasteiger partial charge in [-0.15, -0.1) is 0 Å². The van der Waals surface area contributed by atoms with Crippen LogP contribution in [-0.2, 0) is 4.57 Å². The van der Waals surface area contributed by atoms with Crippen molar-refractivity contribution < 1.29 is 115 Å². The molecule has 18 heteroatoms. The average molecular weight is 336 g/mol. The molecular formula is H26NaO16P. The van der Waals surface area contributed by atoms with Gasteiger partial charge in [0, 0.05) is 0 Å². The summed E-state index contributed by atoms with van der Waals surface area (Å²) in [6.45, 7) is 0. The predicted octanol–water partition coefficient (Wildman–Crippen LogP) is -14.5. The van der Waals surface area contributed by atoms with E-state index < -0.39 is 7.82 Å². The summed E-state index contributed by atoms with van der Waals surface area (Å²) in [6.07, 6.45) is 0. The topological polar surface area (TPSA) is 459 Å². The van der Waals surface area contributed by atoms with Crippen molar-refractivity contribution in [3.63, 3.8) is 0 Å². The maximum atomic E-state index is 8.77. The van der Waals surface area contributed by atoms with Gasteiger partial charge in [0.25, 0.3) is 7.82 Å². The van der Waals surface area contributed by atoms with Gasteiger partial charge in [0.2, 0.25) is 0 Å². The molecule has 0 spiro atoms. The summed E-state index contributed by atoms with van der Waals surface area (Å²) in [6, 6.07) is 0. The molecule has 128 valence electrons. The minimum Gasteiger partial charge on any atom is -0.756 e. The standard InChI is InChI=1S/Na.H3O4P.12H2O/c;1-5(2,3)4;;;;;;;;;;;;/h;(H3,1,2,3,4);12*1H2/q+1;;;;;;;;;;;;;/p-1. The molecule has 18 heavy (non-hydrogen) atoms. The number of hydrogen-bond donors (Lipinski definition) is 2. The van der Waals surface area contributed by atoms with Gasteiger partial charge in [0.15, 0.2) is 0 Å². The zero-order valence-corrected chi connectivity index (χ0v) is 12.1. The van der Waals surface area contributed by atoms with Crippen molar-refractivity contribution in [2.45, 2.75) is 0 Å². The first-order valence-corrected chi connectivity index (χ1v) is 2.30. The van der Waals surface area contributed by atoms with Crippen LogP contribution in [0.5, 0.6) is 0 Å². The molecule has 0 bridgehead atoms. The number of hydrogen-bond acceptors (Lipinski definition) is 2. The summed E-state index contributed by atoms with van der Waals surface area (Å²) in [5.74, 6) is 0. The Morgan fingerprint density at radius 1 is 0.556 bits per heavy atom. The van der Waals surface area contributed by atoms with Crippen molar-refractivity contribution >= 4 is 7.82 Å². The third kappa shape index (κ3) is 10200. The molecular weight excluding hydrogens is 310 g/mol. The van der Waals surface area contributed by atoms with Gasteiger partial charge < -0.3 is 80.4 Å². The van der Waals surface area contributed by atoms with E-state index in [1.807, 2.05) is 0 Å². The summed E-state index contributed by atoms with van der Waals surface area (Å²) in [4.78, 5) is 22.9. The molecule has 0 rings (SSSR count). The molecule has 26 N–H and O–H groups in total. The molecule has 0 radical (unpaired) electrons. The Labute approximate surface area is 122 Å². The normalized spacial score (nSPS) is 3.28. The van der Waals surface area contributed by atoms with Crippen LogP contribution in [-0.4, -0.2) is 75.5 Å². The summed E-state index contributed by atoms with van der Waals surface area (Å²) >= 11 is 0. The van der Waals surface area contributed by atoms with Crippen LogP contribution in [0.1, 0.15) is 0 Å². The Morgan fingerprint density at radius 2 is 0.556 bits per heavy atom. The van der Waals surface area contributed by atoms with Gasteiger partial charge in [-0.05, 0) is 0 Å². The fourth-order valence-electron chi connectivity index (χ4n) is 0. The smallest absolute Gasteiger partial charge is 0.756 e. The van der Waals surface area contributed by atoms with E-state index in [0.717, 1.165) is 0 Å². The first kappa shape index (κ1) is 270. The monoisotopic (exact) mass is 336 g/mol. The Bertz CT molecular complexity index is 57.2. The molecule has 0 aliphatic rings. The first-order valence-electron chi connectivity index (χ1n) is 0.765. The van der Waals surface area contributed by atoms with Crippen LogP contribution in [0.3, 0.4) is 0 Å². The van der Waals surface area contributed by atoms with Crippen LogP contribution in [0.2, 0.25) is 0 Å². The third-order valence-electron chi connectivity index (χ3n) is 0. The van der Waals surface area contributed by atoms with E-state index in [1.165, 1.54) is 0 Å². The third-order valence-corrected chi connectivity index (χ3v) is 0. The van der Waals surface area contributed by atoms with Crippen LogP contribution in [0, 0.1) is 0 Å². The van der Waals surface area contributed by atoms with Crippen molar-refractivity contribution in [2.75, 3.05) is 0 Å². The van der Waals surface area contributed by atoms with E-state index >= 15 is 0 Å². The predicted molar refractivity (Wildman–Crippen MR) is 55.4 cm³/mol. The van der Waals surface area contributed by atoms with E-state index in [4.69, 9.17) is 19.2 Å². The number of rotatable bonds is 0. The van der Waals surface area contributed by atoms with Crippen LogP contribution in [0.25, 0.3) is 0 Å². The quantitative estimate of drug-likeness (QED) is 0.321. The Hall–Kier alpha value is 0.630. The van der Waals surface area contributed by atoms with E-state index in [-0.39, 0.29) is 95.3 Å². The second-order valence-electron chi connectivity index (χ2n) is 0.491. The Kier molecular flexibility index (Phi) is 1660. The van der Waals surface area contributed by atoms with Crippen molar-refractivity contribution in [2.24, 2.45) is 0 Å². The van der Waals surface area contributed by atoms with Gasteiger partial charge in [-0.3, -0.25) is 4.57 Å². The summed E-state index contributed by atoms with van der Waals surface area (Å²) in [5, 5.41) is 0. The molecule has 0 heterocycles. The fourth-order valence-corrected chi connectivity index (χ4v) is 0. The molecule has 0 amide bonds. The zero-order chi connectivity index (χ0) is 4.50. The van der Waals surface area contributed by atoms with Gasteiger partial charge >= 0.3 is 29.6 Å². The van der Waals surface area contributed by atoms with E-state index in [2.05, 4.69) is 0 Å². The molecule has 0 saturated heterocycles. The van der Waals surface area contributed by atoms with Gasteiger partial charge in [-0.1, -0.05) is 0 Å². The fraction of sp³-hybridized carbons (Fsp3) is 0. The minimum absolute atomic E-state index is 0. The number of phosphoric acid groups is 1. The summed E-state index contributed by atoms with van der Waals surface area (Å²) < 4.78 is 8.77. The Balaban J connectivity index is -0.00000000103. The molecule has 0 atom stereocenters. The maximum absolute atomic E-state index is 8.77. The van der Waals surface area contributed by atoms with Crippen LogP contribution in [0.4, 0.5) is 0 Å².